The molecule has 0 aliphatic heterocycles. The standard InChI is InChI=1S/C23H23N5O3/c1-30-17-10-16(11-18(12-17)31-2)27-19-13-20(26-14-15-6-4-3-5-7-15)28-9-8-25-23(28)21(19)22(24)29/h3-13,26-27H,14H2,1-2H3,(H2,24,29). The number of rotatable bonds is 8. The average molecular weight is 417 g/mol. The molecule has 2 aromatic carbocycles. The Hall–Kier alpha value is -4.20. The third-order valence-corrected chi connectivity index (χ3v) is 4.87. The van der Waals surface area contributed by atoms with Gasteiger partial charge in [-0.3, -0.25) is 9.20 Å². The number of imidazole rings is 1. The second-order valence-corrected chi connectivity index (χ2v) is 6.87. The van der Waals surface area contributed by atoms with Crippen molar-refractivity contribution in [1.82, 2.24) is 9.38 Å². The topological polar surface area (TPSA) is 103 Å². The quantitative estimate of drug-likeness (QED) is 0.403. The first kappa shape index (κ1) is 20.1. The highest BCUT2D eigenvalue weighted by Gasteiger charge is 2.18. The van der Waals surface area contributed by atoms with Crippen LogP contribution in [0.25, 0.3) is 5.65 Å². The number of fused-ring (bicyclic) bond motifs is 1. The number of nitrogens with one attached hydrogen (secondary N) is 2. The fraction of sp³-hybridized carbons (Fsp3) is 0.130. The van der Waals surface area contributed by atoms with E-state index in [0.29, 0.717) is 35.1 Å². The van der Waals surface area contributed by atoms with Gasteiger partial charge in [0.2, 0.25) is 0 Å². The van der Waals surface area contributed by atoms with Gasteiger partial charge < -0.3 is 25.8 Å². The minimum atomic E-state index is -0.580. The highest BCUT2D eigenvalue weighted by Crippen LogP contribution is 2.32. The van der Waals surface area contributed by atoms with Crippen LogP contribution in [0.1, 0.15) is 15.9 Å². The predicted molar refractivity (Wildman–Crippen MR) is 120 cm³/mol. The van der Waals surface area contributed by atoms with Crippen LogP contribution >= 0.6 is 0 Å². The van der Waals surface area contributed by atoms with E-state index in [4.69, 9.17) is 15.2 Å². The molecular formula is C23H23N5O3. The Labute approximate surface area is 179 Å². The number of aromatic nitrogens is 2. The fourth-order valence-corrected chi connectivity index (χ4v) is 3.38. The molecule has 4 rings (SSSR count). The van der Waals surface area contributed by atoms with E-state index in [1.807, 2.05) is 36.4 Å². The monoisotopic (exact) mass is 417 g/mol. The van der Waals surface area contributed by atoms with Gasteiger partial charge in [0.15, 0.2) is 5.65 Å². The molecule has 31 heavy (non-hydrogen) atoms. The van der Waals surface area contributed by atoms with Crippen LogP contribution in [0.4, 0.5) is 17.2 Å². The molecule has 158 valence electrons. The van der Waals surface area contributed by atoms with Crippen LogP contribution in [-0.2, 0) is 6.54 Å². The van der Waals surface area contributed by atoms with Crippen molar-refractivity contribution >= 4 is 28.7 Å². The molecule has 0 unspecified atom stereocenters. The molecule has 0 atom stereocenters. The molecule has 0 saturated heterocycles. The zero-order valence-corrected chi connectivity index (χ0v) is 17.3. The van der Waals surface area contributed by atoms with Gasteiger partial charge in [0, 0.05) is 48.9 Å². The molecule has 0 aliphatic rings. The van der Waals surface area contributed by atoms with Crippen LogP contribution < -0.4 is 25.8 Å². The molecule has 2 heterocycles. The maximum Gasteiger partial charge on any atom is 0.254 e. The Morgan fingerprint density at radius 3 is 2.42 bits per heavy atom. The molecule has 0 saturated carbocycles. The molecule has 8 heteroatoms. The van der Waals surface area contributed by atoms with Crippen molar-refractivity contribution in [3.8, 4) is 11.5 Å². The summed E-state index contributed by atoms with van der Waals surface area (Å²) in [6, 6.07) is 17.2. The normalized spacial score (nSPS) is 10.6. The Kier molecular flexibility index (Phi) is 5.61. The number of benzene rings is 2. The number of carbonyl (C=O) groups is 1. The summed E-state index contributed by atoms with van der Waals surface area (Å²) in [5.41, 5.74) is 8.80. The van der Waals surface area contributed by atoms with Gasteiger partial charge in [-0.2, -0.15) is 0 Å². The summed E-state index contributed by atoms with van der Waals surface area (Å²) in [7, 11) is 3.16. The largest absolute Gasteiger partial charge is 0.497 e. The van der Waals surface area contributed by atoms with Crippen molar-refractivity contribution in [2.24, 2.45) is 5.73 Å². The third-order valence-electron chi connectivity index (χ3n) is 4.87. The number of carbonyl (C=O) groups excluding carboxylic acids is 1. The maximum atomic E-state index is 12.3. The number of hydrogen-bond donors (Lipinski definition) is 3. The number of amides is 1. The summed E-state index contributed by atoms with van der Waals surface area (Å²) in [4.78, 5) is 16.7. The molecule has 1 amide bonds. The molecule has 0 radical (unpaired) electrons. The number of nitrogens with two attached hydrogens (primary N) is 1. The van der Waals surface area contributed by atoms with Crippen LogP contribution in [0.5, 0.6) is 11.5 Å². The lowest BCUT2D eigenvalue weighted by atomic mass is 10.1. The summed E-state index contributed by atoms with van der Waals surface area (Å²) >= 11 is 0. The Morgan fingerprint density at radius 1 is 1.06 bits per heavy atom. The summed E-state index contributed by atoms with van der Waals surface area (Å²) in [5.74, 6) is 1.42. The first-order valence-corrected chi connectivity index (χ1v) is 9.67. The van der Waals surface area contributed by atoms with Gasteiger partial charge in [-0.15, -0.1) is 0 Å². The van der Waals surface area contributed by atoms with Crippen molar-refractivity contribution in [1.29, 1.82) is 0 Å². The zero-order valence-electron chi connectivity index (χ0n) is 17.3. The number of hydrogen-bond acceptors (Lipinski definition) is 6. The molecule has 0 bridgehead atoms. The maximum absolute atomic E-state index is 12.3. The fourth-order valence-electron chi connectivity index (χ4n) is 3.38. The lowest BCUT2D eigenvalue weighted by Crippen LogP contribution is -2.17. The number of anilines is 3. The summed E-state index contributed by atoms with van der Waals surface area (Å²) in [6.45, 7) is 0.608. The van der Waals surface area contributed by atoms with E-state index >= 15 is 0 Å². The minimum absolute atomic E-state index is 0.289. The van der Waals surface area contributed by atoms with Gasteiger partial charge in [0.05, 0.1) is 19.9 Å². The number of ether oxygens (including phenoxy) is 2. The zero-order chi connectivity index (χ0) is 21.8. The average Bonchev–Trinajstić information content (AvgIpc) is 3.27. The number of primary amides is 1. The van der Waals surface area contributed by atoms with E-state index in [9.17, 15) is 4.79 Å². The molecule has 4 aromatic rings. The molecule has 0 aliphatic carbocycles. The molecule has 0 spiro atoms. The molecule has 2 aromatic heterocycles. The third kappa shape index (κ3) is 4.23. The van der Waals surface area contributed by atoms with Gasteiger partial charge in [-0.1, -0.05) is 30.3 Å². The highest BCUT2D eigenvalue weighted by atomic mass is 16.5. The minimum Gasteiger partial charge on any atom is -0.497 e. The number of methoxy groups -OCH3 is 2. The van der Waals surface area contributed by atoms with E-state index in [-0.39, 0.29) is 5.56 Å². The Morgan fingerprint density at radius 2 is 1.77 bits per heavy atom. The van der Waals surface area contributed by atoms with Gasteiger partial charge in [-0.05, 0) is 5.56 Å². The van der Waals surface area contributed by atoms with Gasteiger partial charge in [0.1, 0.15) is 22.9 Å². The van der Waals surface area contributed by atoms with Crippen LogP contribution in [-0.4, -0.2) is 29.5 Å². The number of pyridine rings is 1. The highest BCUT2D eigenvalue weighted by molar-refractivity contribution is 6.05. The first-order valence-electron chi connectivity index (χ1n) is 9.67. The predicted octanol–water partition coefficient (Wildman–Crippen LogP) is 3.81. The van der Waals surface area contributed by atoms with Gasteiger partial charge in [-0.25, -0.2) is 4.98 Å². The second kappa shape index (κ2) is 8.66. The van der Waals surface area contributed by atoms with Crippen LogP contribution in [0.3, 0.4) is 0 Å². The van der Waals surface area contributed by atoms with E-state index in [0.717, 1.165) is 11.4 Å². The molecule has 8 nitrogen and oxygen atoms in total. The summed E-state index contributed by atoms with van der Waals surface area (Å²) in [5, 5.41) is 6.68. The number of nitrogens with zero attached hydrogens (tertiary/aromatic N) is 2. The van der Waals surface area contributed by atoms with Crippen molar-refractivity contribution in [2.45, 2.75) is 6.54 Å². The van der Waals surface area contributed by atoms with E-state index in [2.05, 4.69) is 15.6 Å². The van der Waals surface area contributed by atoms with Crippen molar-refractivity contribution in [2.75, 3.05) is 24.9 Å². The van der Waals surface area contributed by atoms with Crippen molar-refractivity contribution in [3.05, 3.63) is 78.1 Å². The smallest absolute Gasteiger partial charge is 0.254 e. The lowest BCUT2D eigenvalue weighted by Gasteiger charge is -2.17. The van der Waals surface area contributed by atoms with Gasteiger partial charge >= 0.3 is 0 Å². The molecular weight excluding hydrogens is 394 g/mol. The lowest BCUT2D eigenvalue weighted by molar-refractivity contribution is 0.100. The van der Waals surface area contributed by atoms with E-state index < -0.39 is 5.91 Å². The van der Waals surface area contributed by atoms with Crippen LogP contribution in [0.15, 0.2) is 67.0 Å². The SMILES string of the molecule is COc1cc(Nc2cc(NCc3ccccc3)n3ccnc3c2C(N)=O)cc(OC)c1. The van der Waals surface area contributed by atoms with Crippen molar-refractivity contribution < 1.29 is 14.3 Å². The Bertz CT molecular complexity index is 1200. The molecule has 0 fully saturated rings. The van der Waals surface area contributed by atoms with Gasteiger partial charge in [0.25, 0.3) is 5.91 Å². The van der Waals surface area contributed by atoms with Crippen molar-refractivity contribution in [3.63, 3.8) is 0 Å². The van der Waals surface area contributed by atoms with E-state index in [1.165, 1.54) is 0 Å². The summed E-state index contributed by atoms with van der Waals surface area (Å²) in [6.07, 6.45) is 3.42. The Balaban J connectivity index is 1.76. The molecule has 4 N–H and O–H groups in total. The van der Waals surface area contributed by atoms with E-state index in [1.54, 1.807) is 49.2 Å². The second-order valence-electron chi connectivity index (χ2n) is 6.87. The first-order chi connectivity index (χ1) is 15.1. The summed E-state index contributed by atoms with van der Waals surface area (Å²) < 4.78 is 12.5. The van der Waals surface area contributed by atoms with Crippen LogP contribution in [0.2, 0.25) is 0 Å². The van der Waals surface area contributed by atoms with Crippen LogP contribution in [0, 0.1) is 0 Å².